The summed E-state index contributed by atoms with van der Waals surface area (Å²) in [5, 5.41) is 9.16. The highest BCUT2D eigenvalue weighted by Crippen LogP contribution is 2.44. The quantitative estimate of drug-likeness (QED) is 0.555. The Morgan fingerprint density at radius 3 is 3.00 bits per heavy atom. The number of rotatable bonds is 2. The highest BCUT2D eigenvalue weighted by atomic mass is 16.7. The molecular weight excluding hydrogens is 254 g/mol. The number of aromatic amines is 1. The van der Waals surface area contributed by atoms with Crippen molar-refractivity contribution in [2.75, 3.05) is 12.3 Å². The van der Waals surface area contributed by atoms with Crippen molar-refractivity contribution in [2.24, 2.45) is 0 Å². The monoisotopic (exact) mass is 265 g/mol. The van der Waals surface area contributed by atoms with Gasteiger partial charge in [0.15, 0.2) is 17.7 Å². The first-order valence-corrected chi connectivity index (χ1v) is 5.83. The molecule has 0 aromatic carbocycles. The van der Waals surface area contributed by atoms with Crippen LogP contribution in [0.25, 0.3) is 11.2 Å². The molecule has 19 heavy (non-hydrogen) atoms. The number of aliphatic hydroxyl groups is 1. The van der Waals surface area contributed by atoms with Crippen LogP contribution in [0.1, 0.15) is 6.23 Å². The molecule has 4 rings (SSSR count). The van der Waals surface area contributed by atoms with Crippen LogP contribution in [0.2, 0.25) is 0 Å². The molecule has 9 nitrogen and oxygen atoms in total. The minimum absolute atomic E-state index is 0.147. The summed E-state index contributed by atoms with van der Waals surface area (Å²) in [7, 11) is 0. The van der Waals surface area contributed by atoms with Crippen molar-refractivity contribution >= 4 is 17.0 Å². The molecule has 2 aromatic heterocycles. The molecule has 0 aliphatic carbocycles. The van der Waals surface area contributed by atoms with Gasteiger partial charge in [-0.25, -0.2) is 19.3 Å². The minimum Gasteiger partial charge on any atom is -0.394 e. The Labute approximate surface area is 106 Å². The zero-order valence-electron chi connectivity index (χ0n) is 9.68. The van der Waals surface area contributed by atoms with Crippen molar-refractivity contribution < 1.29 is 14.6 Å². The van der Waals surface area contributed by atoms with Gasteiger partial charge in [-0.2, -0.15) is 0 Å². The molecule has 2 aliphatic rings. The predicted molar refractivity (Wildman–Crippen MR) is 62.2 cm³/mol. The second kappa shape index (κ2) is 3.53. The number of nitrogens with zero attached hydrogens (tertiary/aromatic N) is 3. The maximum Gasteiger partial charge on any atom is 0.330 e. The average Bonchev–Trinajstić information content (AvgIpc) is 3.00. The lowest BCUT2D eigenvalue weighted by atomic mass is 10.2. The maximum absolute atomic E-state index is 12.0. The number of ether oxygens (including phenoxy) is 2. The number of aromatic nitrogens is 4. The Balaban J connectivity index is 1.86. The van der Waals surface area contributed by atoms with Gasteiger partial charge in [-0.1, -0.05) is 0 Å². The fraction of sp³-hybridized carbons (Fsp3) is 0.500. The molecule has 2 fully saturated rings. The van der Waals surface area contributed by atoms with E-state index >= 15 is 0 Å². The van der Waals surface area contributed by atoms with Crippen LogP contribution in [0.4, 0.5) is 5.82 Å². The number of aliphatic hydroxyl groups excluding tert-OH is 1. The summed E-state index contributed by atoms with van der Waals surface area (Å²) < 4.78 is 12.4. The Kier molecular flexibility index (Phi) is 2.03. The lowest BCUT2D eigenvalue weighted by Crippen LogP contribution is -2.28. The van der Waals surface area contributed by atoms with Gasteiger partial charge in [0, 0.05) is 0 Å². The molecule has 0 unspecified atom stereocenters. The Bertz CT molecular complexity index is 709. The van der Waals surface area contributed by atoms with Crippen LogP contribution in [0.3, 0.4) is 0 Å². The normalized spacial score (nSPS) is 32.7. The molecular formula is C10H11N5O4. The summed E-state index contributed by atoms with van der Waals surface area (Å²) in [5.74, 6) is 0.200. The molecule has 4 atom stereocenters. The fourth-order valence-corrected chi connectivity index (χ4v) is 2.54. The number of anilines is 1. The van der Waals surface area contributed by atoms with Gasteiger partial charge in [-0.05, 0) is 0 Å². The first kappa shape index (κ1) is 10.9. The van der Waals surface area contributed by atoms with Crippen molar-refractivity contribution in [3.63, 3.8) is 0 Å². The highest BCUT2D eigenvalue weighted by molar-refractivity contribution is 5.81. The van der Waals surface area contributed by atoms with Crippen LogP contribution in [-0.4, -0.2) is 49.5 Å². The maximum atomic E-state index is 12.0. The summed E-state index contributed by atoms with van der Waals surface area (Å²) in [6.07, 6.45) is -0.120. The Hall–Kier alpha value is -1.97. The largest absolute Gasteiger partial charge is 0.394 e. The van der Waals surface area contributed by atoms with Crippen LogP contribution < -0.4 is 11.4 Å². The van der Waals surface area contributed by atoms with Crippen molar-refractivity contribution in [1.82, 2.24) is 19.5 Å². The van der Waals surface area contributed by atoms with Crippen LogP contribution >= 0.6 is 0 Å². The van der Waals surface area contributed by atoms with E-state index in [1.807, 2.05) is 0 Å². The molecule has 0 spiro atoms. The van der Waals surface area contributed by atoms with Crippen LogP contribution in [0.15, 0.2) is 11.1 Å². The van der Waals surface area contributed by atoms with E-state index in [0.717, 1.165) is 0 Å². The van der Waals surface area contributed by atoms with E-state index in [4.69, 9.17) is 20.3 Å². The van der Waals surface area contributed by atoms with Gasteiger partial charge in [0.2, 0.25) is 0 Å². The minimum atomic E-state index is -0.599. The van der Waals surface area contributed by atoms with Crippen LogP contribution in [0.5, 0.6) is 0 Å². The number of hydrogen-bond donors (Lipinski definition) is 3. The number of nitrogen functional groups attached to an aromatic ring is 1. The molecule has 2 aliphatic heterocycles. The van der Waals surface area contributed by atoms with E-state index in [2.05, 4.69) is 15.0 Å². The van der Waals surface area contributed by atoms with Gasteiger partial charge in [0.1, 0.15) is 30.2 Å². The van der Waals surface area contributed by atoms with Crippen molar-refractivity contribution in [3.05, 3.63) is 16.8 Å². The summed E-state index contributed by atoms with van der Waals surface area (Å²) in [6, 6.07) is 0. The van der Waals surface area contributed by atoms with E-state index in [-0.39, 0.29) is 30.3 Å². The van der Waals surface area contributed by atoms with Gasteiger partial charge in [-0.15, -0.1) is 0 Å². The number of H-pyrrole nitrogens is 1. The lowest BCUT2D eigenvalue weighted by molar-refractivity contribution is -0.0835. The number of imidazole rings is 1. The van der Waals surface area contributed by atoms with E-state index in [1.165, 1.54) is 10.9 Å². The first-order valence-electron chi connectivity index (χ1n) is 5.83. The fourth-order valence-electron chi connectivity index (χ4n) is 2.54. The summed E-state index contributed by atoms with van der Waals surface area (Å²) in [4.78, 5) is 22.5. The van der Waals surface area contributed by atoms with E-state index in [0.29, 0.717) is 11.2 Å². The number of nitrogens with one attached hydrogen (secondary N) is 1. The van der Waals surface area contributed by atoms with E-state index < -0.39 is 12.3 Å². The van der Waals surface area contributed by atoms with Gasteiger partial charge >= 0.3 is 5.69 Å². The molecule has 2 saturated heterocycles. The van der Waals surface area contributed by atoms with Gasteiger partial charge in [0.25, 0.3) is 0 Å². The zero-order chi connectivity index (χ0) is 13.1. The van der Waals surface area contributed by atoms with Gasteiger partial charge in [0.05, 0.1) is 6.61 Å². The summed E-state index contributed by atoms with van der Waals surface area (Å²) in [6.45, 7) is -0.147. The molecule has 0 bridgehead atoms. The van der Waals surface area contributed by atoms with Crippen molar-refractivity contribution in [3.8, 4) is 0 Å². The number of epoxide rings is 1. The van der Waals surface area contributed by atoms with Crippen molar-refractivity contribution in [2.45, 2.75) is 24.5 Å². The van der Waals surface area contributed by atoms with Gasteiger partial charge in [-0.3, -0.25) is 0 Å². The Morgan fingerprint density at radius 1 is 1.42 bits per heavy atom. The number of fused-ring (bicyclic) bond motifs is 2. The Morgan fingerprint density at radius 2 is 2.26 bits per heavy atom. The highest BCUT2D eigenvalue weighted by Gasteiger charge is 2.59. The second-order valence-electron chi connectivity index (χ2n) is 4.57. The van der Waals surface area contributed by atoms with Crippen LogP contribution in [-0.2, 0) is 9.47 Å². The third kappa shape index (κ3) is 1.37. The third-order valence-corrected chi connectivity index (χ3v) is 3.49. The first-order chi connectivity index (χ1) is 9.20. The van der Waals surface area contributed by atoms with E-state index in [9.17, 15) is 4.79 Å². The molecule has 4 N–H and O–H groups in total. The molecule has 2 aromatic rings. The third-order valence-electron chi connectivity index (χ3n) is 3.49. The second-order valence-corrected chi connectivity index (χ2v) is 4.57. The molecule has 0 radical (unpaired) electrons. The predicted octanol–water partition coefficient (Wildman–Crippen LogP) is -1.64. The summed E-state index contributed by atoms with van der Waals surface area (Å²) in [5.41, 5.74) is 6.05. The molecule has 9 heteroatoms. The SMILES string of the molecule is Nc1ncnc2c1[nH]c(=O)n2[C@H]1O[C@@H](CO)[C@@H]2O[C@@H]21. The summed E-state index contributed by atoms with van der Waals surface area (Å²) >= 11 is 0. The lowest BCUT2D eigenvalue weighted by Gasteiger charge is -2.16. The van der Waals surface area contributed by atoms with Crippen molar-refractivity contribution in [1.29, 1.82) is 0 Å². The molecule has 100 valence electrons. The molecule has 0 saturated carbocycles. The topological polar surface area (TPSA) is 132 Å². The number of nitrogens with two attached hydrogens (primary N) is 1. The smallest absolute Gasteiger partial charge is 0.330 e. The standard InChI is InChI=1S/C10H11N5O4/c11-7-4-8(13-2-12-7)15(10(17)14-4)9-6-5(19-6)3(1-16)18-9/h2-3,5-6,9,16H,1H2,(H,14,17)(H2,11,12,13)/t3-,5-,6-,9-/m0/s1. The van der Waals surface area contributed by atoms with E-state index in [1.54, 1.807) is 0 Å². The molecule has 4 heterocycles. The average molecular weight is 265 g/mol. The zero-order valence-corrected chi connectivity index (χ0v) is 9.68. The van der Waals surface area contributed by atoms with Crippen LogP contribution in [0, 0.1) is 0 Å². The number of hydrogen-bond acceptors (Lipinski definition) is 7. The molecule has 0 amide bonds. The van der Waals surface area contributed by atoms with Gasteiger partial charge < -0.3 is 25.3 Å².